The first-order valence-corrected chi connectivity index (χ1v) is 6.23. The molecule has 0 saturated heterocycles. The first-order chi connectivity index (χ1) is 8.56. The van der Waals surface area contributed by atoms with E-state index in [2.05, 4.69) is 10.6 Å². The van der Waals surface area contributed by atoms with E-state index in [-0.39, 0.29) is 0 Å². The van der Waals surface area contributed by atoms with Crippen molar-refractivity contribution in [3.05, 3.63) is 23.8 Å². The molecule has 0 spiro atoms. The Morgan fingerprint density at radius 2 is 1.89 bits per heavy atom. The highest BCUT2D eigenvalue weighted by molar-refractivity contribution is 7.80. The number of ether oxygens (including phenoxy) is 2. The van der Waals surface area contributed by atoms with Crippen LogP contribution in [0.5, 0.6) is 11.5 Å². The predicted octanol–water partition coefficient (Wildman–Crippen LogP) is 2.08. The van der Waals surface area contributed by atoms with Gasteiger partial charge in [0.15, 0.2) is 16.6 Å². The Bertz CT molecular complexity index is 408. The van der Waals surface area contributed by atoms with Crippen molar-refractivity contribution in [3.8, 4) is 11.5 Å². The fourth-order valence-corrected chi connectivity index (χ4v) is 1.79. The van der Waals surface area contributed by atoms with Gasteiger partial charge in [0, 0.05) is 12.6 Å². The summed E-state index contributed by atoms with van der Waals surface area (Å²) in [6, 6.07) is 6.13. The van der Waals surface area contributed by atoms with Gasteiger partial charge in [0.05, 0.1) is 14.2 Å². The highest BCUT2D eigenvalue weighted by Crippen LogP contribution is 2.27. The van der Waals surface area contributed by atoms with Crippen molar-refractivity contribution in [1.82, 2.24) is 10.6 Å². The summed E-state index contributed by atoms with van der Waals surface area (Å²) in [7, 11) is 3.25. The molecule has 5 heteroatoms. The summed E-state index contributed by atoms with van der Waals surface area (Å²) in [5.41, 5.74) is 1.08. The molecular formula is C13H20N2O2S. The van der Waals surface area contributed by atoms with Gasteiger partial charge < -0.3 is 20.1 Å². The van der Waals surface area contributed by atoms with Crippen LogP contribution in [0.25, 0.3) is 0 Å². The lowest BCUT2D eigenvalue weighted by molar-refractivity contribution is 0.354. The van der Waals surface area contributed by atoms with Gasteiger partial charge in [-0.3, -0.25) is 0 Å². The fourth-order valence-electron chi connectivity index (χ4n) is 1.49. The molecule has 4 nitrogen and oxygen atoms in total. The molecule has 0 aromatic heterocycles. The number of methoxy groups -OCH3 is 2. The molecule has 0 atom stereocenters. The summed E-state index contributed by atoms with van der Waals surface area (Å²) in [4.78, 5) is 0. The first kappa shape index (κ1) is 14.6. The third-order valence-electron chi connectivity index (χ3n) is 2.32. The zero-order chi connectivity index (χ0) is 13.5. The molecule has 0 radical (unpaired) electrons. The van der Waals surface area contributed by atoms with Gasteiger partial charge in [0.1, 0.15) is 0 Å². The SMILES string of the molecule is COc1ccc(CNC(=S)NC(C)C)cc1OC. The summed E-state index contributed by atoms with van der Waals surface area (Å²) in [6.07, 6.45) is 0. The zero-order valence-electron chi connectivity index (χ0n) is 11.2. The van der Waals surface area contributed by atoms with Gasteiger partial charge >= 0.3 is 0 Å². The number of thiocarbonyl (C=S) groups is 1. The summed E-state index contributed by atoms with van der Waals surface area (Å²) in [6.45, 7) is 4.74. The van der Waals surface area contributed by atoms with Crippen molar-refractivity contribution < 1.29 is 9.47 Å². The zero-order valence-corrected chi connectivity index (χ0v) is 12.1. The fraction of sp³-hybridized carbons (Fsp3) is 0.462. The normalized spacial score (nSPS) is 10.1. The Balaban J connectivity index is 2.60. The van der Waals surface area contributed by atoms with Crippen LogP contribution < -0.4 is 20.1 Å². The molecule has 0 bridgehead atoms. The van der Waals surface area contributed by atoms with Crippen molar-refractivity contribution in [2.75, 3.05) is 14.2 Å². The Morgan fingerprint density at radius 1 is 1.22 bits per heavy atom. The minimum absolute atomic E-state index is 0.329. The number of nitrogens with one attached hydrogen (secondary N) is 2. The molecule has 0 aliphatic carbocycles. The highest BCUT2D eigenvalue weighted by Gasteiger charge is 2.05. The van der Waals surface area contributed by atoms with Crippen LogP contribution in [0.1, 0.15) is 19.4 Å². The van der Waals surface area contributed by atoms with E-state index < -0.39 is 0 Å². The minimum Gasteiger partial charge on any atom is -0.493 e. The van der Waals surface area contributed by atoms with E-state index in [1.807, 2.05) is 32.0 Å². The van der Waals surface area contributed by atoms with E-state index in [4.69, 9.17) is 21.7 Å². The van der Waals surface area contributed by atoms with E-state index in [0.29, 0.717) is 17.7 Å². The average molecular weight is 268 g/mol. The second kappa shape index (κ2) is 7.06. The Labute approximate surface area is 114 Å². The molecule has 0 aliphatic heterocycles. The lowest BCUT2D eigenvalue weighted by Crippen LogP contribution is -2.38. The van der Waals surface area contributed by atoms with Crippen LogP contribution in [0.15, 0.2) is 18.2 Å². The molecule has 100 valence electrons. The number of rotatable bonds is 5. The average Bonchev–Trinajstić information content (AvgIpc) is 2.35. The maximum atomic E-state index is 5.25. The largest absolute Gasteiger partial charge is 0.493 e. The third kappa shape index (κ3) is 4.41. The van der Waals surface area contributed by atoms with E-state index >= 15 is 0 Å². The molecule has 0 unspecified atom stereocenters. The van der Waals surface area contributed by atoms with Crippen LogP contribution in [0.3, 0.4) is 0 Å². The van der Waals surface area contributed by atoms with E-state index in [9.17, 15) is 0 Å². The Kier molecular flexibility index (Phi) is 5.71. The molecule has 0 fully saturated rings. The first-order valence-electron chi connectivity index (χ1n) is 5.82. The molecule has 0 heterocycles. The van der Waals surface area contributed by atoms with E-state index in [1.54, 1.807) is 14.2 Å². The molecule has 0 saturated carbocycles. The topological polar surface area (TPSA) is 42.5 Å². The maximum Gasteiger partial charge on any atom is 0.166 e. The van der Waals surface area contributed by atoms with Gasteiger partial charge in [-0.2, -0.15) is 0 Å². The van der Waals surface area contributed by atoms with Gasteiger partial charge in [0.2, 0.25) is 0 Å². The van der Waals surface area contributed by atoms with E-state index in [0.717, 1.165) is 17.1 Å². The molecule has 1 aromatic carbocycles. The van der Waals surface area contributed by atoms with Crippen LogP contribution in [-0.2, 0) is 6.54 Å². The van der Waals surface area contributed by atoms with Crippen LogP contribution in [0.2, 0.25) is 0 Å². The van der Waals surface area contributed by atoms with Crippen molar-refractivity contribution in [3.63, 3.8) is 0 Å². The Hall–Kier alpha value is -1.49. The summed E-state index contributed by atoms with van der Waals surface area (Å²) >= 11 is 5.16. The van der Waals surface area contributed by atoms with Gasteiger partial charge in [-0.1, -0.05) is 6.07 Å². The summed E-state index contributed by atoms with van der Waals surface area (Å²) in [5, 5.41) is 6.92. The van der Waals surface area contributed by atoms with Crippen molar-refractivity contribution in [2.24, 2.45) is 0 Å². The molecular weight excluding hydrogens is 248 g/mol. The van der Waals surface area contributed by atoms with Crippen LogP contribution in [0.4, 0.5) is 0 Å². The van der Waals surface area contributed by atoms with Crippen molar-refractivity contribution in [2.45, 2.75) is 26.4 Å². The maximum absolute atomic E-state index is 5.25. The van der Waals surface area contributed by atoms with Crippen LogP contribution >= 0.6 is 12.2 Å². The number of hydrogen-bond acceptors (Lipinski definition) is 3. The second-order valence-corrected chi connectivity index (χ2v) is 4.58. The molecule has 1 aromatic rings. The van der Waals surface area contributed by atoms with E-state index in [1.165, 1.54) is 0 Å². The van der Waals surface area contributed by atoms with Gasteiger partial charge in [-0.15, -0.1) is 0 Å². The standard InChI is InChI=1S/C13H20N2O2S/c1-9(2)15-13(18)14-8-10-5-6-11(16-3)12(7-10)17-4/h5-7,9H,8H2,1-4H3,(H2,14,15,18). The molecule has 18 heavy (non-hydrogen) atoms. The van der Waals surface area contributed by atoms with Crippen LogP contribution in [-0.4, -0.2) is 25.4 Å². The third-order valence-corrected chi connectivity index (χ3v) is 2.58. The molecule has 1 rings (SSSR count). The lowest BCUT2D eigenvalue weighted by Gasteiger charge is -2.14. The predicted molar refractivity (Wildman–Crippen MR) is 77.3 cm³/mol. The molecule has 2 N–H and O–H groups in total. The quantitative estimate of drug-likeness (QED) is 0.800. The van der Waals surface area contributed by atoms with Gasteiger partial charge in [-0.25, -0.2) is 0 Å². The summed E-state index contributed by atoms with van der Waals surface area (Å²) in [5.74, 6) is 1.45. The smallest absolute Gasteiger partial charge is 0.166 e. The lowest BCUT2D eigenvalue weighted by atomic mass is 10.2. The minimum atomic E-state index is 0.329. The van der Waals surface area contributed by atoms with Gasteiger partial charge in [0.25, 0.3) is 0 Å². The van der Waals surface area contributed by atoms with Crippen molar-refractivity contribution in [1.29, 1.82) is 0 Å². The second-order valence-electron chi connectivity index (χ2n) is 4.17. The number of benzene rings is 1. The van der Waals surface area contributed by atoms with Crippen molar-refractivity contribution >= 4 is 17.3 Å². The van der Waals surface area contributed by atoms with Gasteiger partial charge in [-0.05, 0) is 43.8 Å². The summed E-state index contributed by atoms with van der Waals surface area (Å²) < 4.78 is 10.4. The monoisotopic (exact) mass is 268 g/mol. The van der Waals surface area contributed by atoms with Crippen LogP contribution in [0, 0.1) is 0 Å². The highest BCUT2D eigenvalue weighted by atomic mass is 32.1. The molecule has 0 aliphatic rings. The number of hydrogen-bond donors (Lipinski definition) is 2. The molecule has 0 amide bonds. The Morgan fingerprint density at radius 3 is 2.44 bits per heavy atom.